The first-order valence-corrected chi connectivity index (χ1v) is 7.33. The quantitative estimate of drug-likeness (QED) is 0.945. The molecule has 22 heavy (non-hydrogen) atoms. The van der Waals surface area contributed by atoms with Crippen LogP contribution in [0.15, 0.2) is 12.1 Å². The van der Waals surface area contributed by atoms with Gasteiger partial charge in [-0.25, -0.2) is 4.68 Å². The molecule has 0 unspecified atom stereocenters. The lowest BCUT2D eigenvalue weighted by atomic mass is 9.96. The van der Waals surface area contributed by atoms with Gasteiger partial charge in [-0.3, -0.25) is 4.79 Å². The zero-order chi connectivity index (χ0) is 16.5. The van der Waals surface area contributed by atoms with Crippen LogP contribution >= 0.6 is 0 Å². The molecule has 0 saturated carbocycles. The Bertz CT molecular complexity index is 674. The molecule has 2 rings (SSSR count). The van der Waals surface area contributed by atoms with Crippen molar-refractivity contribution in [3.63, 3.8) is 0 Å². The van der Waals surface area contributed by atoms with E-state index in [1.54, 1.807) is 4.68 Å². The Morgan fingerprint density at radius 2 is 1.77 bits per heavy atom. The second-order valence-electron chi connectivity index (χ2n) is 6.73. The second kappa shape index (κ2) is 5.87. The summed E-state index contributed by atoms with van der Waals surface area (Å²) in [5, 5.41) is 14.6. The van der Waals surface area contributed by atoms with Gasteiger partial charge in [0.05, 0.1) is 0 Å². The summed E-state index contributed by atoms with van der Waals surface area (Å²) in [6, 6.07) is 4.11. The Morgan fingerprint density at radius 1 is 1.18 bits per heavy atom. The number of carbonyl (C=O) groups excluding carboxylic acids is 1. The fraction of sp³-hybridized carbons (Fsp3) is 0.500. The van der Waals surface area contributed by atoms with Crippen LogP contribution in [0.1, 0.15) is 43.3 Å². The number of rotatable bonds is 3. The molecule has 0 spiro atoms. The van der Waals surface area contributed by atoms with Crippen LogP contribution in [0.25, 0.3) is 0 Å². The SMILES string of the molecule is Cc1cc(C)c(NC(=O)Cn2nnnc2C(C)(C)C)c(C)c1. The Hall–Kier alpha value is -2.24. The van der Waals surface area contributed by atoms with Crippen molar-refractivity contribution < 1.29 is 4.79 Å². The number of nitrogens with zero attached hydrogens (tertiary/aromatic N) is 4. The van der Waals surface area contributed by atoms with Crippen LogP contribution in [0, 0.1) is 20.8 Å². The van der Waals surface area contributed by atoms with Gasteiger partial charge < -0.3 is 5.32 Å². The van der Waals surface area contributed by atoms with Crippen molar-refractivity contribution in [3.05, 3.63) is 34.6 Å². The van der Waals surface area contributed by atoms with E-state index in [1.807, 2.05) is 41.5 Å². The predicted octanol–water partition coefficient (Wildman–Crippen LogP) is 2.53. The largest absolute Gasteiger partial charge is 0.324 e. The van der Waals surface area contributed by atoms with Gasteiger partial charge in [-0.2, -0.15) is 0 Å². The summed E-state index contributed by atoms with van der Waals surface area (Å²) in [4.78, 5) is 12.3. The van der Waals surface area contributed by atoms with E-state index in [0.29, 0.717) is 5.82 Å². The molecule has 6 nitrogen and oxygen atoms in total. The maximum Gasteiger partial charge on any atom is 0.246 e. The summed E-state index contributed by atoms with van der Waals surface area (Å²) < 4.78 is 1.55. The predicted molar refractivity (Wildman–Crippen MR) is 85.8 cm³/mol. The smallest absolute Gasteiger partial charge is 0.246 e. The molecule has 0 saturated heterocycles. The first kappa shape index (κ1) is 16.1. The molecular weight excluding hydrogens is 278 g/mol. The molecular formula is C16H23N5O. The highest BCUT2D eigenvalue weighted by molar-refractivity contribution is 5.92. The third-order valence-electron chi connectivity index (χ3n) is 3.44. The highest BCUT2D eigenvalue weighted by Gasteiger charge is 2.23. The second-order valence-corrected chi connectivity index (χ2v) is 6.73. The van der Waals surface area contributed by atoms with Gasteiger partial charge in [-0.1, -0.05) is 38.5 Å². The molecule has 1 aromatic heterocycles. The van der Waals surface area contributed by atoms with Crippen molar-refractivity contribution in [1.82, 2.24) is 20.2 Å². The summed E-state index contributed by atoms with van der Waals surface area (Å²) in [6.45, 7) is 12.2. The van der Waals surface area contributed by atoms with E-state index < -0.39 is 0 Å². The number of hydrogen-bond acceptors (Lipinski definition) is 4. The molecule has 1 heterocycles. The number of anilines is 1. The Labute approximate surface area is 130 Å². The number of hydrogen-bond donors (Lipinski definition) is 1. The molecule has 0 fully saturated rings. The van der Waals surface area contributed by atoms with Crippen LogP contribution in [0.4, 0.5) is 5.69 Å². The van der Waals surface area contributed by atoms with Crippen LogP contribution < -0.4 is 5.32 Å². The Kier molecular flexibility index (Phi) is 4.30. The number of tetrazole rings is 1. The average Bonchev–Trinajstić information content (AvgIpc) is 2.81. The molecule has 1 N–H and O–H groups in total. The molecule has 6 heteroatoms. The average molecular weight is 301 g/mol. The fourth-order valence-corrected chi connectivity index (χ4v) is 2.54. The van der Waals surface area contributed by atoms with Crippen LogP contribution in [0.3, 0.4) is 0 Å². The van der Waals surface area contributed by atoms with Gasteiger partial charge in [0, 0.05) is 11.1 Å². The molecule has 0 aliphatic heterocycles. The topological polar surface area (TPSA) is 72.7 Å². The van der Waals surface area contributed by atoms with Crippen LogP contribution in [-0.2, 0) is 16.8 Å². The highest BCUT2D eigenvalue weighted by Crippen LogP contribution is 2.22. The number of aromatic nitrogens is 4. The van der Waals surface area contributed by atoms with E-state index in [2.05, 4.69) is 33.0 Å². The van der Waals surface area contributed by atoms with Crippen molar-refractivity contribution in [2.45, 2.75) is 53.5 Å². The lowest BCUT2D eigenvalue weighted by Crippen LogP contribution is -2.26. The van der Waals surface area contributed by atoms with Crippen LogP contribution in [0.5, 0.6) is 0 Å². The first-order chi connectivity index (χ1) is 10.2. The molecule has 118 valence electrons. The molecule has 1 amide bonds. The Balaban J connectivity index is 2.17. The summed E-state index contributed by atoms with van der Waals surface area (Å²) in [5.74, 6) is 0.563. The van der Waals surface area contributed by atoms with Crippen LogP contribution in [-0.4, -0.2) is 26.1 Å². The molecule has 1 aromatic carbocycles. The molecule has 2 aromatic rings. The maximum absolute atomic E-state index is 12.3. The van der Waals surface area contributed by atoms with Gasteiger partial charge in [-0.15, -0.1) is 5.10 Å². The lowest BCUT2D eigenvalue weighted by Gasteiger charge is -2.17. The van der Waals surface area contributed by atoms with Crippen molar-refractivity contribution in [2.75, 3.05) is 5.32 Å². The molecule has 0 atom stereocenters. The first-order valence-electron chi connectivity index (χ1n) is 7.33. The zero-order valence-corrected chi connectivity index (χ0v) is 14.1. The maximum atomic E-state index is 12.3. The number of carbonyl (C=O) groups is 1. The standard InChI is InChI=1S/C16H23N5O/c1-10-7-11(2)14(12(3)8-10)17-13(22)9-21-15(16(4,5)6)18-19-20-21/h7-8H,9H2,1-6H3,(H,17,22). The van der Waals surface area contributed by atoms with Gasteiger partial charge in [-0.05, 0) is 42.3 Å². The van der Waals surface area contributed by atoms with E-state index >= 15 is 0 Å². The molecule has 0 radical (unpaired) electrons. The minimum atomic E-state index is -0.209. The molecule has 0 aliphatic carbocycles. The van der Waals surface area contributed by atoms with Gasteiger partial charge in [0.1, 0.15) is 6.54 Å². The zero-order valence-electron chi connectivity index (χ0n) is 14.1. The number of benzene rings is 1. The van der Waals surface area contributed by atoms with E-state index in [1.165, 1.54) is 5.56 Å². The molecule has 0 bridgehead atoms. The summed E-state index contributed by atoms with van der Waals surface area (Å²) >= 11 is 0. The molecule has 0 aliphatic rings. The Morgan fingerprint density at radius 3 is 2.32 bits per heavy atom. The van der Waals surface area contributed by atoms with Crippen LogP contribution in [0.2, 0.25) is 0 Å². The van der Waals surface area contributed by atoms with Crippen molar-refractivity contribution >= 4 is 11.6 Å². The summed E-state index contributed by atoms with van der Waals surface area (Å²) in [6.07, 6.45) is 0. The van der Waals surface area contributed by atoms with E-state index in [-0.39, 0.29) is 17.9 Å². The number of amides is 1. The lowest BCUT2D eigenvalue weighted by molar-refractivity contribution is -0.117. The van der Waals surface area contributed by atoms with Gasteiger partial charge in [0.15, 0.2) is 5.82 Å². The third kappa shape index (κ3) is 3.50. The summed E-state index contributed by atoms with van der Waals surface area (Å²) in [7, 11) is 0. The van der Waals surface area contributed by atoms with E-state index in [0.717, 1.165) is 16.8 Å². The van der Waals surface area contributed by atoms with Crippen molar-refractivity contribution in [1.29, 1.82) is 0 Å². The van der Waals surface area contributed by atoms with Gasteiger partial charge in [0.2, 0.25) is 5.91 Å². The van der Waals surface area contributed by atoms with E-state index in [4.69, 9.17) is 0 Å². The summed E-state index contributed by atoms with van der Waals surface area (Å²) in [5.41, 5.74) is 3.95. The normalized spacial score (nSPS) is 11.5. The van der Waals surface area contributed by atoms with Gasteiger partial charge >= 0.3 is 0 Å². The number of aryl methyl sites for hydroxylation is 3. The monoisotopic (exact) mass is 301 g/mol. The van der Waals surface area contributed by atoms with Gasteiger partial charge in [0.25, 0.3) is 0 Å². The number of nitrogens with one attached hydrogen (secondary N) is 1. The fourth-order valence-electron chi connectivity index (χ4n) is 2.54. The van der Waals surface area contributed by atoms with E-state index in [9.17, 15) is 4.79 Å². The minimum absolute atomic E-state index is 0.104. The van der Waals surface area contributed by atoms with Crippen molar-refractivity contribution in [2.24, 2.45) is 0 Å². The van der Waals surface area contributed by atoms with Crippen molar-refractivity contribution in [3.8, 4) is 0 Å². The third-order valence-corrected chi connectivity index (χ3v) is 3.44. The highest BCUT2D eigenvalue weighted by atomic mass is 16.2. The minimum Gasteiger partial charge on any atom is -0.324 e.